The first-order valence-electron chi connectivity index (χ1n) is 14.6. The molecular weight excluding hydrogens is 557 g/mol. The fourth-order valence-electron chi connectivity index (χ4n) is 6.25. The second-order valence-electron chi connectivity index (χ2n) is 10.9. The van der Waals surface area contributed by atoms with Gasteiger partial charge in [-0.3, -0.25) is 4.57 Å². The van der Waals surface area contributed by atoms with Crippen LogP contribution >= 0.6 is 11.3 Å². The highest BCUT2D eigenvalue weighted by molar-refractivity contribution is 7.26. The van der Waals surface area contributed by atoms with Gasteiger partial charge in [-0.1, -0.05) is 121 Å². The Balaban J connectivity index is 1.27. The molecule has 0 amide bonds. The van der Waals surface area contributed by atoms with Gasteiger partial charge in [-0.25, -0.2) is 4.98 Å². The maximum Gasteiger partial charge on any atom is 0.238 e. The molecule has 5 heteroatoms. The highest BCUT2D eigenvalue weighted by Gasteiger charge is 2.18. The molecule has 9 rings (SSSR count). The zero-order valence-electron chi connectivity index (χ0n) is 23.6. The van der Waals surface area contributed by atoms with E-state index in [-0.39, 0.29) is 0 Å². The molecule has 4 nitrogen and oxygen atoms in total. The van der Waals surface area contributed by atoms with E-state index in [1.807, 2.05) is 41.7 Å². The molecule has 0 saturated carbocycles. The third kappa shape index (κ3) is 3.94. The average molecular weight is 581 g/mol. The monoisotopic (exact) mass is 580 g/mol. The quantitative estimate of drug-likeness (QED) is 0.208. The molecule has 6 aromatic carbocycles. The number of thiophene rings is 1. The summed E-state index contributed by atoms with van der Waals surface area (Å²) >= 11 is 1.84. The average Bonchev–Trinajstić information content (AvgIpc) is 3.65. The Hall–Kier alpha value is -5.65. The predicted molar refractivity (Wildman–Crippen MR) is 183 cm³/mol. The van der Waals surface area contributed by atoms with Crippen molar-refractivity contribution in [2.45, 2.75) is 0 Å². The highest BCUT2D eigenvalue weighted by atomic mass is 32.1. The summed E-state index contributed by atoms with van der Waals surface area (Å²) in [5, 5.41) is 4.93. The van der Waals surface area contributed by atoms with Gasteiger partial charge in [0.1, 0.15) is 0 Å². The molecule has 0 aliphatic heterocycles. The summed E-state index contributed by atoms with van der Waals surface area (Å²) in [4.78, 5) is 15.3. The van der Waals surface area contributed by atoms with Crippen molar-refractivity contribution >= 4 is 53.3 Å². The predicted octanol–water partition coefficient (Wildman–Crippen LogP) is 10.3. The van der Waals surface area contributed by atoms with Crippen LogP contribution in [0.5, 0.6) is 0 Å². The molecule has 0 radical (unpaired) electrons. The Morgan fingerprint density at radius 3 is 1.77 bits per heavy atom. The number of rotatable bonds is 4. The van der Waals surface area contributed by atoms with Crippen LogP contribution in [-0.4, -0.2) is 19.5 Å². The maximum atomic E-state index is 5.15. The minimum atomic E-state index is 0.600. The molecule has 3 aromatic heterocycles. The summed E-state index contributed by atoms with van der Waals surface area (Å²) in [6.07, 6.45) is 0. The lowest BCUT2D eigenvalue weighted by molar-refractivity contribution is 0.953. The lowest BCUT2D eigenvalue weighted by Crippen LogP contribution is -2.06. The van der Waals surface area contributed by atoms with Crippen LogP contribution in [0.25, 0.3) is 81.8 Å². The van der Waals surface area contributed by atoms with E-state index in [0.717, 1.165) is 27.7 Å². The Labute approximate surface area is 257 Å². The van der Waals surface area contributed by atoms with Crippen LogP contribution in [0.2, 0.25) is 0 Å². The molecule has 0 saturated heterocycles. The van der Waals surface area contributed by atoms with Crippen LogP contribution < -0.4 is 0 Å². The number of aromatic nitrogens is 4. The van der Waals surface area contributed by atoms with Crippen molar-refractivity contribution in [1.29, 1.82) is 0 Å². The van der Waals surface area contributed by atoms with Crippen LogP contribution in [0.4, 0.5) is 0 Å². The van der Waals surface area contributed by atoms with Crippen molar-refractivity contribution in [3.63, 3.8) is 0 Å². The molecule has 0 bridgehead atoms. The maximum absolute atomic E-state index is 5.15. The van der Waals surface area contributed by atoms with E-state index < -0.39 is 0 Å². The largest absolute Gasteiger partial charge is 0.278 e. The van der Waals surface area contributed by atoms with Crippen molar-refractivity contribution in [3.05, 3.63) is 146 Å². The van der Waals surface area contributed by atoms with Gasteiger partial charge in [0.15, 0.2) is 11.6 Å². The summed E-state index contributed by atoms with van der Waals surface area (Å²) in [5.74, 6) is 1.88. The Morgan fingerprint density at radius 1 is 0.432 bits per heavy atom. The van der Waals surface area contributed by atoms with E-state index in [0.29, 0.717) is 17.6 Å². The van der Waals surface area contributed by atoms with Crippen LogP contribution in [0.3, 0.4) is 0 Å². The topological polar surface area (TPSA) is 43.6 Å². The van der Waals surface area contributed by atoms with Crippen molar-refractivity contribution < 1.29 is 0 Å². The fraction of sp³-hybridized carbons (Fsp3) is 0. The molecular formula is C39H24N4S. The molecule has 9 aromatic rings. The summed E-state index contributed by atoms with van der Waals surface area (Å²) in [6, 6.07) is 50.8. The smallest absolute Gasteiger partial charge is 0.238 e. The number of benzene rings is 6. The van der Waals surface area contributed by atoms with Gasteiger partial charge < -0.3 is 0 Å². The minimum Gasteiger partial charge on any atom is -0.278 e. The third-order valence-electron chi connectivity index (χ3n) is 8.27. The molecule has 0 atom stereocenters. The van der Waals surface area contributed by atoms with Crippen molar-refractivity contribution in [2.24, 2.45) is 0 Å². The zero-order chi connectivity index (χ0) is 29.0. The summed E-state index contributed by atoms with van der Waals surface area (Å²) in [7, 11) is 0. The summed E-state index contributed by atoms with van der Waals surface area (Å²) < 4.78 is 4.74. The van der Waals surface area contributed by atoms with Gasteiger partial charge in [0.2, 0.25) is 5.95 Å². The molecule has 0 aliphatic carbocycles. The van der Waals surface area contributed by atoms with Gasteiger partial charge in [0.05, 0.1) is 11.0 Å². The van der Waals surface area contributed by atoms with Gasteiger partial charge in [-0.15, -0.1) is 11.3 Å². The number of para-hydroxylation sites is 2. The molecule has 0 fully saturated rings. The highest BCUT2D eigenvalue weighted by Crippen LogP contribution is 2.40. The SMILES string of the molecule is c1ccc(-c2nc(-c3cccc(-c4cccc5c4sc4ccccc45)c3)nc(-n3c4ccccc4c4ccccc43)n2)cc1. The first-order valence-corrected chi connectivity index (χ1v) is 15.4. The van der Waals surface area contributed by atoms with Crippen LogP contribution in [0, 0.1) is 0 Å². The van der Waals surface area contributed by atoms with Gasteiger partial charge in [-0.05, 0) is 35.4 Å². The van der Waals surface area contributed by atoms with Gasteiger partial charge >= 0.3 is 0 Å². The van der Waals surface area contributed by atoms with E-state index in [2.05, 4.69) is 120 Å². The third-order valence-corrected chi connectivity index (χ3v) is 9.49. The van der Waals surface area contributed by atoms with Crippen molar-refractivity contribution in [2.75, 3.05) is 0 Å². The number of nitrogens with zero attached hydrogens (tertiary/aromatic N) is 4. The zero-order valence-corrected chi connectivity index (χ0v) is 24.4. The number of hydrogen-bond donors (Lipinski definition) is 0. The van der Waals surface area contributed by atoms with Crippen LogP contribution in [0.1, 0.15) is 0 Å². The molecule has 3 heterocycles. The second kappa shape index (κ2) is 9.97. The first-order chi connectivity index (χ1) is 21.8. The van der Waals surface area contributed by atoms with E-state index in [4.69, 9.17) is 15.0 Å². The molecule has 0 spiro atoms. The van der Waals surface area contributed by atoms with Crippen molar-refractivity contribution in [1.82, 2.24) is 19.5 Å². The van der Waals surface area contributed by atoms with E-state index >= 15 is 0 Å². The first kappa shape index (κ1) is 24.9. The number of hydrogen-bond acceptors (Lipinski definition) is 4. The number of fused-ring (bicyclic) bond motifs is 6. The van der Waals surface area contributed by atoms with E-state index in [1.165, 1.54) is 36.5 Å². The fourth-order valence-corrected chi connectivity index (χ4v) is 7.49. The molecule has 0 aliphatic rings. The van der Waals surface area contributed by atoms with E-state index in [9.17, 15) is 0 Å². The summed E-state index contributed by atoms with van der Waals surface area (Å²) in [5.41, 5.74) is 6.38. The lowest BCUT2D eigenvalue weighted by Gasteiger charge is -2.11. The van der Waals surface area contributed by atoms with Gasteiger partial charge in [0.25, 0.3) is 0 Å². The Morgan fingerprint density at radius 2 is 1.00 bits per heavy atom. The second-order valence-corrected chi connectivity index (χ2v) is 11.9. The van der Waals surface area contributed by atoms with Gasteiger partial charge in [-0.2, -0.15) is 9.97 Å². The summed E-state index contributed by atoms with van der Waals surface area (Å²) in [6.45, 7) is 0. The molecule has 0 N–H and O–H groups in total. The lowest BCUT2D eigenvalue weighted by atomic mass is 10.0. The minimum absolute atomic E-state index is 0.600. The van der Waals surface area contributed by atoms with E-state index in [1.54, 1.807) is 0 Å². The molecule has 206 valence electrons. The van der Waals surface area contributed by atoms with Gasteiger partial charge in [0, 0.05) is 42.1 Å². The van der Waals surface area contributed by atoms with Crippen LogP contribution in [-0.2, 0) is 0 Å². The normalized spacial score (nSPS) is 11.6. The molecule has 44 heavy (non-hydrogen) atoms. The van der Waals surface area contributed by atoms with Crippen LogP contribution in [0.15, 0.2) is 146 Å². The Bertz CT molecular complexity index is 2460. The standard InChI is InChI=1S/C39H24N4S/c1-2-12-25(13-3-1)37-40-38(42-39(41-37)43-33-21-7-4-16-29(33)30-17-5-8-22-34(30)43)27-15-10-14-26(24-27)28-19-11-20-32-31-18-6-9-23-35(31)44-36(28)32/h1-24H. The Kier molecular flexibility index (Phi) is 5.64. The van der Waals surface area contributed by atoms with Crippen molar-refractivity contribution in [3.8, 4) is 39.9 Å². The molecule has 0 unspecified atom stereocenters.